The first-order chi connectivity index (χ1) is 26.3. The second-order valence-electron chi connectivity index (χ2n) is 14.0. The summed E-state index contributed by atoms with van der Waals surface area (Å²) in [5, 5.41) is 16.1. The van der Waals surface area contributed by atoms with Crippen molar-refractivity contribution >= 4 is 17.5 Å². The highest BCUT2D eigenvalue weighted by atomic mass is 19.4. The number of halogens is 8. The molecule has 1 saturated carbocycles. The molecular weight excluding hydrogens is 760 g/mol. The standard InChI is InChI=1S/C37H38F8N6O5/c1-20-17-55-18-21(2)50(20)12-13-56-27-9-6-22(30(38)31(27)39)16-51-34(54)29(32(52)35(49(51)3)10-4-5-11-35)33(53)48-25-8-7-23(36(40,41)42)14-24(25)26-15-28(37(43,44)45)47-19-46-26/h6-9,14-15,19-21,52H,4-5,10-13,16-18H2,1-3H3,(H,48,53)/t20-,21+. The quantitative estimate of drug-likeness (QED) is 0.176. The number of ether oxygens (including phenoxy) is 2. The Morgan fingerprint density at radius 1 is 0.982 bits per heavy atom. The molecule has 0 unspecified atom stereocenters. The number of carbonyl (C=O) groups is 2. The Labute approximate surface area is 315 Å². The number of aromatic nitrogens is 2. The van der Waals surface area contributed by atoms with Gasteiger partial charge in [0.2, 0.25) is 5.82 Å². The third-order valence-corrected chi connectivity index (χ3v) is 10.5. The molecule has 2 amide bonds. The van der Waals surface area contributed by atoms with Crippen molar-refractivity contribution in [2.24, 2.45) is 0 Å². The average Bonchev–Trinajstić information content (AvgIpc) is 3.64. The average molecular weight is 799 g/mol. The van der Waals surface area contributed by atoms with Gasteiger partial charge in [0.05, 0.1) is 42.2 Å². The van der Waals surface area contributed by atoms with E-state index in [2.05, 4.69) is 20.2 Å². The predicted octanol–water partition coefficient (Wildman–Crippen LogP) is 6.90. The second kappa shape index (κ2) is 15.6. The number of likely N-dealkylation sites (N-methyl/N-ethyl adjacent to an activating group) is 1. The Morgan fingerprint density at radius 2 is 1.66 bits per heavy atom. The number of nitrogens with zero attached hydrogens (tertiary/aromatic N) is 5. The van der Waals surface area contributed by atoms with Crippen LogP contribution in [0.5, 0.6) is 5.75 Å². The number of morpholine rings is 1. The smallest absolute Gasteiger partial charge is 0.433 e. The number of aliphatic hydroxyl groups is 1. The van der Waals surface area contributed by atoms with Gasteiger partial charge in [0.1, 0.15) is 30.0 Å². The molecule has 2 aliphatic heterocycles. The van der Waals surface area contributed by atoms with Crippen LogP contribution in [0.3, 0.4) is 0 Å². The molecule has 1 saturated heterocycles. The number of rotatable bonds is 9. The highest BCUT2D eigenvalue weighted by Gasteiger charge is 2.53. The summed E-state index contributed by atoms with van der Waals surface area (Å²) in [5.74, 6) is -6.13. The highest BCUT2D eigenvalue weighted by Crippen LogP contribution is 2.45. The van der Waals surface area contributed by atoms with Gasteiger partial charge in [-0.2, -0.15) is 30.7 Å². The third-order valence-electron chi connectivity index (χ3n) is 10.5. The van der Waals surface area contributed by atoms with Crippen molar-refractivity contribution in [3.05, 3.63) is 82.5 Å². The number of amides is 2. The van der Waals surface area contributed by atoms with Gasteiger partial charge in [0, 0.05) is 36.8 Å². The fourth-order valence-corrected chi connectivity index (χ4v) is 7.48. The van der Waals surface area contributed by atoms with Crippen LogP contribution in [-0.2, 0) is 33.2 Å². The fourth-order valence-electron chi connectivity index (χ4n) is 7.48. The Bertz CT molecular complexity index is 2010. The van der Waals surface area contributed by atoms with Crippen molar-refractivity contribution in [1.82, 2.24) is 24.9 Å². The maximum absolute atomic E-state index is 15.7. The number of alkyl halides is 6. The molecule has 2 N–H and O–H groups in total. The van der Waals surface area contributed by atoms with E-state index in [1.54, 1.807) is 0 Å². The zero-order chi connectivity index (χ0) is 40.7. The van der Waals surface area contributed by atoms with Crippen LogP contribution in [0.15, 0.2) is 54.1 Å². The van der Waals surface area contributed by atoms with Crippen molar-refractivity contribution in [2.45, 2.75) is 76.1 Å². The predicted molar refractivity (Wildman–Crippen MR) is 184 cm³/mol. The van der Waals surface area contributed by atoms with Gasteiger partial charge in [-0.3, -0.25) is 19.5 Å². The van der Waals surface area contributed by atoms with Crippen LogP contribution in [-0.4, -0.2) is 92.8 Å². The second-order valence-corrected chi connectivity index (χ2v) is 14.0. The molecule has 56 heavy (non-hydrogen) atoms. The van der Waals surface area contributed by atoms with E-state index in [0.717, 1.165) is 11.1 Å². The highest BCUT2D eigenvalue weighted by molar-refractivity contribution is 6.24. The normalized spacial score (nSPS) is 20.9. The fraction of sp³-hybridized carbons (Fsp3) is 0.459. The summed E-state index contributed by atoms with van der Waals surface area (Å²) in [6, 6.07) is 4.83. The molecule has 1 aromatic heterocycles. The summed E-state index contributed by atoms with van der Waals surface area (Å²) >= 11 is 0. The number of aliphatic hydroxyl groups excluding tert-OH is 1. The Kier molecular flexibility index (Phi) is 11.3. The van der Waals surface area contributed by atoms with Gasteiger partial charge in [-0.25, -0.2) is 19.4 Å². The number of hydrogen-bond acceptors (Lipinski definition) is 9. The van der Waals surface area contributed by atoms with Gasteiger partial charge in [-0.15, -0.1) is 0 Å². The van der Waals surface area contributed by atoms with Crippen LogP contribution < -0.4 is 10.1 Å². The lowest BCUT2D eigenvalue weighted by molar-refractivity contribution is -0.163. The van der Waals surface area contributed by atoms with Gasteiger partial charge in [-0.1, -0.05) is 18.9 Å². The first-order valence-electron chi connectivity index (χ1n) is 17.7. The van der Waals surface area contributed by atoms with Crippen LogP contribution in [0, 0.1) is 11.6 Å². The van der Waals surface area contributed by atoms with Crippen LogP contribution in [0.2, 0.25) is 0 Å². The molecule has 2 atom stereocenters. The van der Waals surface area contributed by atoms with E-state index in [1.165, 1.54) is 24.2 Å². The number of hydrazine groups is 1. The SMILES string of the molecule is C[C@@H]1COC[C@H](C)N1CCOc1ccc(CN2C(=O)C(C(=O)Nc3ccc(C(F)(F)F)cc3-c3cc(C(F)(F)F)ncn3)=C(O)C3(CCCC3)N2C)c(F)c1F. The molecule has 3 heterocycles. The molecular formula is C37H38F8N6O5. The molecule has 11 nitrogen and oxygen atoms in total. The van der Waals surface area contributed by atoms with Gasteiger partial charge in [0.15, 0.2) is 11.6 Å². The molecule has 0 bridgehead atoms. The van der Waals surface area contributed by atoms with Gasteiger partial charge >= 0.3 is 12.4 Å². The summed E-state index contributed by atoms with van der Waals surface area (Å²) < 4.78 is 124. The molecule has 6 rings (SSSR count). The number of hydrogen-bond donors (Lipinski definition) is 2. The number of anilines is 1. The van der Waals surface area contributed by atoms with Crippen LogP contribution in [0.4, 0.5) is 40.8 Å². The molecule has 1 spiro atoms. The Morgan fingerprint density at radius 3 is 2.30 bits per heavy atom. The molecule has 2 fully saturated rings. The lowest BCUT2D eigenvalue weighted by atomic mass is 9.88. The molecule has 302 valence electrons. The summed E-state index contributed by atoms with van der Waals surface area (Å²) in [4.78, 5) is 37.0. The van der Waals surface area contributed by atoms with Crippen molar-refractivity contribution in [3.63, 3.8) is 0 Å². The Balaban J connectivity index is 1.29. The first kappa shape index (κ1) is 40.8. The molecule has 3 aliphatic rings. The van der Waals surface area contributed by atoms with Crippen molar-refractivity contribution in [1.29, 1.82) is 0 Å². The van der Waals surface area contributed by atoms with Crippen molar-refractivity contribution < 1.29 is 59.3 Å². The first-order valence-corrected chi connectivity index (χ1v) is 17.7. The van der Waals surface area contributed by atoms with Crippen LogP contribution in [0.25, 0.3) is 11.3 Å². The minimum absolute atomic E-state index is 0.0458. The summed E-state index contributed by atoms with van der Waals surface area (Å²) in [6.07, 6.45) is -7.90. The molecule has 19 heteroatoms. The maximum Gasteiger partial charge on any atom is 0.433 e. The number of benzene rings is 2. The zero-order valence-corrected chi connectivity index (χ0v) is 30.4. The van der Waals surface area contributed by atoms with Crippen LogP contribution >= 0.6 is 0 Å². The molecule has 2 aromatic carbocycles. The lowest BCUT2D eigenvalue weighted by Crippen LogP contribution is -2.62. The van der Waals surface area contributed by atoms with Crippen molar-refractivity contribution in [3.8, 4) is 17.0 Å². The van der Waals surface area contributed by atoms with E-state index < -0.39 is 87.4 Å². The van der Waals surface area contributed by atoms with Gasteiger partial charge < -0.3 is 19.9 Å². The van der Waals surface area contributed by atoms with Crippen molar-refractivity contribution in [2.75, 3.05) is 38.7 Å². The summed E-state index contributed by atoms with van der Waals surface area (Å²) in [6.45, 7) is 4.86. The minimum Gasteiger partial charge on any atom is -0.509 e. The van der Waals surface area contributed by atoms with Crippen LogP contribution in [0.1, 0.15) is 56.4 Å². The van der Waals surface area contributed by atoms with E-state index in [9.17, 15) is 41.0 Å². The third kappa shape index (κ3) is 7.88. The lowest BCUT2D eigenvalue weighted by Gasteiger charge is -2.48. The van der Waals surface area contributed by atoms with Gasteiger partial charge in [-0.05, 0) is 57.0 Å². The van der Waals surface area contributed by atoms with E-state index in [-0.39, 0.29) is 42.8 Å². The maximum atomic E-state index is 15.7. The Hall–Kier alpha value is -4.88. The van der Waals surface area contributed by atoms with E-state index in [4.69, 9.17) is 9.47 Å². The number of carbonyl (C=O) groups excluding carboxylic acids is 2. The van der Waals surface area contributed by atoms with E-state index in [1.807, 2.05) is 13.8 Å². The summed E-state index contributed by atoms with van der Waals surface area (Å²) in [7, 11) is 1.44. The molecule has 1 aliphatic carbocycles. The zero-order valence-electron chi connectivity index (χ0n) is 30.4. The van der Waals surface area contributed by atoms with E-state index in [0.29, 0.717) is 57.1 Å². The number of nitrogens with one attached hydrogen (secondary N) is 1. The molecule has 0 radical (unpaired) electrons. The summed E-state index contributed by atoms with van der Waals surface area (Å²) in [5.41, 5.74) is -6.95. The van der Waals surface area contributed by atoms with Gasteiger partial charge in [0.25, 0.3) is 11.8 Å². The molecule has 3 aromatic rings. The monoisotopic (exact) mass is 798 g/mol. The topological polar surface area (TPSA) is 120 Å². The minimum atomic E-state index is -4.99. The van der Waals surface area contributed by atoms with E-state index >= 15 is 8.78 Å². The largest absolute Gasteiger partial charge is 0.509 e.